The standard InChI is InChI=1S/C18H31N3O2S.HI/c1-6-19-18(20-11-12-24(5,22)23)21-15(4)17-9-7-16(8-10-17)13-14(2)3;/h7-10,14-15H,6,11-13H2,1-5H3,(H2,19,20,21);1H. The summed E-state index contributed by atoms with van der Waals surface area (Å²) < 4.78 is 22.4. The lowest BCUT2D eigenvalue weighted by Gasteiger charge is -2.18. The Balaban J connectivity index is 0.00000576. The maximum atomic E-state index is 11.2. The Hall–Kier alpha value is -0.830. The first-order valence-electron chi connectivity index (χ1n) is 8.52. The average Bonchev–Trinajstić information content (AvgIpc) is 2.46. The second kappa shape index (κ2) is 11.7. The summed E-state index contributed by atoms with van der Waals surface area (Å²) in [5.41, 5.74) is 2.52. The highest BCUT2D eigenvalue weighted by molar-refractivity contribution is 14.0. The van der Waals surface area contributed by atoms with Gasteiger partial charge in [0.15, 0.2) is 5.96 Å². The van der Waals surface area contributed by atoms with E-state index >= 15 is 0 Å². The molecule has 0 aliphatic rings. The SMILES string of the molecule is CCNC(=NCCS(C)(=O)=O)NC(C)c1ccc(CC(C)C)cc1.I. The van der Waals surface area contributed by atoms with E-state index in [2.05, 4.69) is 60.7 Å². The van der Waals surface area contributed by atoms with E-state index in [9.17, 15) is 8.42 Å². The lowest BCUT2D eigenvalue weighted by molar-refractivity contribution is 0.601. The minimum absolute atomic E-state index is 0. The Morgan fingerprint density at radius 1 is 1.16 bits per heavy atom. The van der Waals surface area contributed by atoms with Crippen LogP contribution < -0.4 is 10.6 Å². The van der Waals surface area contributed by atoms with Crippen LogP contribution in [-0.4, -0.2) is 39.5 Å². The molecule has 1 rings (SSSR count). The molecule has 0 radical (unpaired) electrons. The van der Waals surface area contributed by atoms with Gasteiger partial charge in [-0.25, -0.2) is 8.42 Å². The molecule has 0 saturated carbocycles. The number of halogens is 1. The number of nitrogens with zero attached hydrogens (tertiary/aromatic N) is 1. The van der Waals surface area contributed by atoms with Gasteiger partial charge in [-0.3, -0.25) is 4.99 Å². The lowest BCUT2D eigenvalue weighted by atomic mass is 10.00. The van der Waals surface area contributed by atoms with Gasteiger partial charge in [0.1, 0.15) is 9.84 Å². The van der Waals surface area contributed by atoms with Crippen molar-refractivity contribution in [2.45, 2.75) is 40.2 Å². The summed E-state index contributed by atoms with van der Waals surface area (Å²) in [7, 11) is -2.99. The van der Waals surface area contributed by atoms with Gasteiger partial charge in [-0.05, 0) is 37.3 Å². The summed E-state index contributed by atoms with van der Waals surface area (Å²) >= 11 is 0. The molecular weight excluding hydrogens is 449 g/mol. The number of hydrogen-bond acceptors (Lipinski definition) is 3. The van der Waals surface area contributed by atoms with Crippen molar-refractivity contribution in [1.29, 1.82) is 0 Å². The van der Waals surface area contributed by atoms with Gasteiger partial charge in [-0.2, -0.15) is 0 Å². The van der Waals surface area contributed by atoms with Gasteiger partial charge in [0, 0.05) is 12.8 Å². The van der Waals surface area contributed by atoms with Crippen LogP contribution in [0.3, 0.4) is 0 Å². The first-order chi connectivity index (χ1) is 11.2. The van der Waals surface area contributed by atoms with Crippen LogP contribution in [0.25, 0.3) is 0 Å². The van der Waals surface area contributed by atoms with Gasteiger partial charge in [0.2, 0.25) is 0 Å². The Kier molecular flexibility index (Phi) is 11.3. The van der Waals surface area contributed by atoms with Gasteiger partial charge < -0.3 is 10.6 Å². The molecule has 2 N–H and O–H groups in total. The molecule has 0 bridgehead atoms. The Bertz CT molecular complexity index is 628. The first kappa shape index (κ1) is 24.2. The number of rotatable bonds is 8. The first-order valence-corrected chi connectivity index (χ1v) is 10.6. The van der Waals surface area contributed by atoms with E-state index in [1.54, 1.807) is 0 Å². The zero-order chi connectivity index (χ0) is 18.2. The molecule has 25 heavy (non-hydrogen) atoms. The smallest absolute Gasteiger partial charge is 0.191 e. The molecule has 144 valence electrons. The van der Waals surface area contributed by atoms with Crippen LogP contribution in [0.2, 0.25) is 0 Å². The van der Waals surface area contributed by atoms with Crippen molar-refractivity contribution < 1.29 is 8.42 Å². The Labute approximate surface area is 170 Å². The largest absolute Gasteiger partial charge is 0.357 e. The van der Waals surface area contributed by atoms with Crippen LogP contribution in [0.5, 0.6) is 0 Å². The monoisotopic (exact) mass is 481 g/mol. The molecule has 0 heterocycles. The maximum absolute atomic E-state index is 11.2. The van der Waals surface area contributed by atoms with Crippen LogP contribution in [-0.2, 0) is 16.3 Å². The summed E-state index contributed by atoms with van der Waals surface area (Å²) in [5, 5.41) is 6.48. The molecule has 5 nitrogen and oxygen atoms in total. The van der Waals surface area contributed by atoms with E-state index < -0.39 is 9.84 Å². The molecule has 7 heteroatoms. The zero-order valence-electron chi connectivity index (χ0n) is 15.9. The van der Waals surface area contributed by atoms with Crippen molar-refractivity contribution in [1.82, 2.24) is 10.6 Å². The Morgan fingerprint density at radius 2 is 1.76 bits per heavy atom. The van der Waals surface area contributed by atoms with Gasteiger partial charge in [-0.15, -0.1) is 24.0 Å². The molecule has 0 fully saturated rings. The number of nitrogens with one attached hydrogen (secondary N) is 2. The van der Waals surface area contributed by atoms with E-state index in [0.29, 0.717) is 11.9 Å². The number of aliphatic imine (C=N–C) groups is 1. The third kappa shape index (κ3) is 10.7. The molecule has 0 spiro atoms. The molecule has 0 amide bonds. The predicted molar refractivity (Wildman–Crippen MR) is 118 cm³/mol. The third-order valence-electron chi connectivity index (χ3n) is 3.55. The number of benzene rings is 1. The fraction of sp³-hybridized carbons (Fsp3) is 0.611. The predicted octanol–water partition coefficient (Wildman–Crippen LogP) is 3.16. The highest BCUT2D eigenvalue weighted by Gasteiger charge is 2.09. The second-order valence-electron chi connectivity index (χ2n) is 6.60. The summed E-state index contributed by atoms with van der Waals surface area (Å²) in [6, 6.07) is 8.70. The maximum Gasteiger partial charge on any atom is 0.191 e. The average molecular weight is 481 g/mol. The number of sulfone groups is 1. The van der Waals surface area contributed by atoms with Crippen LogP contribution >= 0.6 is 24.0 Å². The molecule has 0 aliphatic heterocycles. The van der Waals surface area contributed by atoms with E-state index in [4.69, 9.17) is 0 Å². The molecular formula is C18H32IN3O2S. The summed E-state index contributed by atoms with van der Waals surface area (Å²) in [6.07, 6.45) is 2.31. The molecule has 1 aromatic carbocycles. The van der Waals surface area contributed by atoms with E-state index in [-0.39, 0.29) is 42.3 Å². The van der Waals surface area contributed by atoms with E-state index in [1.165, 1.54) is 17.4 Å². The van der Waals surface area contributed by atoms with Crippen LogP contribution in [0.15, 0.2) is 29.3 Å². The minimum Gasteiger partial charge on any atom is -0.357 e. The topological polar surface area (TPSA) is 70.6 Å². The van der Waals surface area contributed by atoms with Crippen LogP contribution in [0.1, 0.15) is 44.9 Å². The number of hydrogen-bond donors (Lipinski definition) is 2. The molecule has 1 aromatic rings. The van der Waals surface area contributed by atoms with Gasteiger partial charge in [0.05, 0.1) is 18.3 Å². The Morgan fingerprint density at radius 3 is 2.24 bits per heavy atom. The molecule has 1 atom stereocenters. The summed E-state index contributed by atoms with van der Waals surface area (Å²) in [5.74, 6) is 1.34. The summed E-state index contributed by atoms with van der Waals surface area (Å²) in [6.45, 7) is 9.47. The van der Waals surface area contributed by atoms with Crippen molar-refractivity contribution in [2.24, 2.45) is 10.9 Å². The normalized spacial score (nSPS) is 13.3. The highest BCUT2D eigenvalue weighted by Crippen LogP contribution is 2.15. The van der Waals surface area contributed by atoms with Crippen molar-refractivity contribution in [2.75, 3.05) is 25.1 Å². The van der Waals surface area contributed by atoms with Crippen molar-refractivity contribution >= 4 is 39.8 Å². The lowest BCUT2D eigenvalue weighted by Crippen LogP contribution is -2.39. The fourth-order valence-corrected chi connectivity index (χ4v) is 2.77. The molecule has 0 saturated heterocycles. The molecule has 0 aliphatic carbocycles. The second-order valence-corrected chi connectivity index (χ2v) is 8.86. The number of guanidine groups is 1. The van der Waals surface area contributed by atoms with Gasteiger partial charge in [-0.1, -0.05) is 38.1 Å². The van der Waals surface area contributed by atoms with Crippen molar-refractivity contribution in [3.63, 3.8) is 0 Å². The van der Waals surface area contributed by atoms with Crippen LogP contribution in [0, 0.1) is 5.92 Å². The van der Waals surface area contributed by atoms with Gasteiger partial charge >= 0.3 is 0 Å². The molecule has 0 aromatic heterocycles. The zero-order valence-corrected chi connectivity index (χ0v) is 19.0. The highest BCUT2D eigenvalue weighted by atomic mass is 127. The quantitative estimate of drug-likeness (QED) is 0.340. The van der Waals surface area contributed by atoms with Crippen molar-refractivity contribution in [3.05, 3.63) is 35.4 Å². The van der Waals surface area contributed by atoms with E-state index in [1.807, 2.05) is 6.92 Å². The minimum atomic E-state index is -2.99. The third-order valence-corrected chi connectivity index (χ3v) is 4.48. The van der Waals surface area contributed by atoms with Gasteiger partial charge in [0.25, 0.3) is 0 Å². The van der Waals surface area contributed by atoms with Crippen molar-refractivity contribution in [3.8, 4) is 0 Å². The van der Waals surface area contributed by atoms with Crippen LogP contribution in [0.4, 0.5) is 0 Å². The molecule has 1 unspecified atom stereocenters. The summed E-state index contributed by atoms with van der Waals surface area (Å²) in [4.78, 5) is 4.34. The fourth-order valence-electron chi connectivity index (χ4n) is 2.35. The van der Waals surface area contributed by atoms with E-state index in [0.717, 1.165) is 13.0 Å².